The van der Waals surface area contributed by atoms with Crippen LogP contribution in [0, 0.1) is 0 Å². The van der Waals surface area contributed by atoms with E-state index in [-0.39, 0.29) is 0 Å². The van der Waals surface area contributed by atoms with E-state index in [9.17, 15) is 4.79 Å². The number of aldehydes is 1. The number of fused-ring (bicyclic) bond motifs is 1. The van der Waals surface area contributed by atoms with Gasteiger partial charge in [0.25, 0.3) is 0 Å². The first-order valence-corrected chi connectivity index (χ1v) is 5.09. The lowest BCUT2D eigenvalue weighted by Gasteiger charge is -2.01. The summed E-state index contributed by atoms with van der Waals surface area (Å²) in [7, 11) is 0. The largest absolute Gasteiger partial charge is 0.296 e. The number of hydrogen-bond acceptors (Lipinski definition) is 4. The van der Waals surface area contributed by atoms with Crippen LogP contribution in [0.2, 0.25) is 0 Å². The number of carbonyl (C=O) groups is 1. The second kappa shape index (κ2) is 3.79. The molecule has 0 aliphatic carbocycles. The van der Waals surface area contributed by atoms with Crippen molar-refractivity contribution in [2.45, 2.75) is 0 Å². The molecule has 3 rings (SSSR count). The van der Waals surface area contributed by atoms with Gasteiger partial charge in [-0.25, -0.2) is 9.50 Å². The summed E-state index contributed by atoms with van der Waals surface area (Å²) >= 11 is 0. The Labute approximate surface area is 96.8 Å². The molecule has 0 saturated carbocycles. The fourth-order valence-electron chi connectivity index (χ4n) is 1.65. The number of hydrogen-bond donors (Lipinski definition) is 0. The summed E-state index contributed by atoms with van der Waals surface area (Å²) in [6, 6.07) is 7.43. The summed E-state index contributed by atoms with van der Waals surface area (Å²) in [6.45, 7) is 0. The van der Waals surface area contributed by atoms with Crippen molar-refractivity contribution in [3.05, 3.63) is 48.5 Å². The van der Waals surface area contributed by atoms with E-state index in [1.807, 2.05) is 24.3 Å². The predicted molar refractivity (Wildman–Crippen MR) is 61.6 cm³/mol. The van der Waals surface area contributed by atoms with Crippen LogP contribution in [0.4, 0.5) is 0 Å². The molecule has 0 aliphatic rings. The fraction of sp³-hybridized carbons (Fsp3) is 0. The highest BCUT2D eigenvalue weighted by Gasteiger charge is 2.05. The molecule has 0 bridgehead atoms. The predicted octanol–water partition coefficient (Wildman–Crippen LogP) is 1.60. The summed E-state index contributed by atoms with van der Waals surface area (Å²) in [5.41, 5.74) is 2.83. The summed E-state index contributed by atoms with van der Waals surface area (Å²) in [5, 5.41) is 4.37. The van der Waals surface area contributed by atoms with E-state index < -0.39 is 0 Å². The second-order valence-electron chi connectivity index (χ2n) is 3.53. The number of aromatic nitrogens is 4. The maximum Gasteiger partial charge on any atom is 0.170 e. The molecule has 17 heavy (non-hydrogen) atoms. The van der Waals surface area contributed by atoms with Gasteiger partial charge in [0.05, 0.1) is 11.9 Å². The van der Waals surface area contributed by atoms with Crippen molar-refractivity contribution in [1.29, 1.82) is 0 Å². The Kier molecular flexibility index (Phi) is 2.15. The summed E-state index contributed by atoms with van der Waals surface area (Å²) in [6.07, 6.45) is 5.65. The maximum atomic E-state index is 10.8. The summed E-state index contributed by atoms with van der Waals surface area (Å²) < 4.78 is 1.53. The molecular weight excluding hydrogens is 216 g/mol. The zero-order valence-corrected chi connectivity index (χ0v) is 8.82. The van der Waals surface area contributed by atoms with E-state index in [1.54, 1.807) is 12.4 Å². The van der Waals surface area contributed by atoms with E-state index >= 15 is 0 Å². The Hall–Kier alpha value is -2.56. The Morgan fingerprint density at radius 2 is 1.94 bits per heavy atom. The van der Waals surface area contributed by atoms with Gasteiger partial charge in [-0.2, -0.15) is 5.10 Å². The minimum atomic E-state index is 0.441. The SMILES string of the molecule is O=Cc1cnc2ccc(-c3ccncc3)nn12. The molecule has 3 aromatic rings. The molecule has 3 aromatic heterocycles. The molecule has 0 saturated heterocycles. The molecule has 0 radical (unpaired) electrons. The fourth-order valence-corrected chi connectivity index (χ4v) is 1.65. The van der Waals surface area contributed by atoms with Crippen molar-refractivity contribution >= 4 is 11.9 Å². The summed E-state index contributed by atoms with van der Waals surface area (Å²) in [5.74, 6) is 0. The van der Waals surface area contributed by atoms with Crippen LogP contribution in [0.1, 0.15) is 10.5 Å². The molecule has 5 heteroatoms. The van der Waals surface area contributed by atoms with Crippen molar-refractivity contribution in [1.82, 2.24) is 19.6 Å². The van der Waals surface area contributed by atoms with Crippen LogP contribution in [0.25, 0.3) is 16.9 Å². The van der Waals surface area contributed by atoms with Crippen molar-refractivity contribution in [3.63, 3.8) is 0 Å². The first-order chi connectivity index (χ1) is 8.38. The second-order valence-corrected chi connectivity index (χ2v) is 3.53. The van der Waals surface area contributed by atoms with Crippen LogP contribution >= 0.6 is 0 Å². The standard InChI is InChI=1S/C12H8N4O/c17-8-10-7-14-12-2-1-11(15-16(10)12)9-3-5-13-6-4-9/h1-8H. The first kappa shape index (κ1) is 9.65. The topological polar surface area (TPSA) is 60.2 Å². The van der Waals surface area contributed by atoms with Crippen molar-refractivity contribution in [3.8, 4) is 11.3 Å². The minimum absolute atomic E-state index is 0.441. The van der Waals surface area contributed by atoms with Gasteiger partial charge >= 0.3 is 0 Å². The summed E-state index contributed by atoms with van der Waals surface area (Å²) in [4.78, 5) is 18.9. The van der Waals surface area contributed by atoms with Crippen LogP contribution < -0.4 is 0 Å². The smallest absolute Gasteiger partial charge is 0.170 e. The lowest BCUT2D eigenvalue weighted by atomic mass is 10.2. The average molecular weight is 224 g/mol. The highest BCUT2D eigenvalue weighted by molar-refractivity contribution is 5.74. The van der Waals surface area contributed by atoms with Gasteiger partial charge in [-0.3, -0.25) is 9.78 Å². The monoisotopic (exact) mass is 224 g/mol. The van der Waals surface area contributed by atoms with E-state index in [0.29, 0.717) is 11.3 Å². The highest BCUT2D eigenvalue weighted by Crippen LogP contribution is 2.16. The van der Waals surface area contributed by atoms with Gasteiger partial charge in [0.2, 0.25) is 0 Å². The zero-order chi connectivity index (χ0) is 11.7. The van der Waals surface area contributed by atoms with Gasteiger partial charge in [0, 0.05) is 18.0 Å². The molecule has 0 aliphatic heterocycles. The molecule has 0 amide bonds. The number of carbonyl (C=O) groups excluding carboxylic acids is 1. The van der Waals surface area contributed by atoms with Crippen LogP contribution in [0.15, 0.2) is 42.9 Å². The van der Waals surface area contributed by atoms with Crippen molar-refractivity contribution in [2.75, 3.05) is 0 Å². The van der Waals surface area contributed by atoms with E-state index in [2.05, 4.69) is 15.1 Å². The maximum absolute atomic E-state index is 10.8. The van der Waals surface area contributed by atoms with Gasteiger partial charge in [0.1, 0.15) is 5.69 Å². The van der Waals surface area contributed by atoms with Crippen LogP contribution in [0.3, 0.4) is 0 Å². The Morgan fingerprint density at radius 1 is 1.12 bits per heavy atom. The van der Waals surface area contributed by atoms with E-state index in [1.165, 1.54) is 10.7 Å². The Morgan fingerprint density at radius 3 is 2.71 bits per heavy atom. The average Bonchev–Trinajstić information content (AvgIpc) is 2.81. The third kappa shape index (κ3) is 1.57. The number of nitrogens with zero attached hydrogens (tertiary/aromatic N) is 4. The van der Waals surface area contributed by atoms with Gasteiger partial charge in [-0.1, -0.05) is 0 Å². The Bertz CT molecular complexity index is 675. The number of imidazole rings is 1. The molecule has 0 spiro atoms. The quantitative estimate of drug-likeness (QED) is 0.620. The normalized spacial score (nSPS) is 10.6. The van der Waals surface area contributed by atoms with E-state index in [0.717, 1.165) is 17.5 Å². The molecule has 0 aromatic carbocycles. The minimum Gasteiger partial charge on any atom is -0.296 e. The molecular formula is C12H8N4O. The van der Waals surface area contributed by atoms with E-state index in [4.69, 9.17) is 0 Å². The first-order valence-electron chi connectivity index (χ1n) is 5.09. The number of pyridine rings is 1. The molecule has 0 fully saturated rings. The molecule has 5 nitrogen and oxygen atoms in total. The molecule has 3 heterocycles. The lowest BCUT2D eigenvalue weighted by Crippen LogP contribution is -1.98. The third-order valence-corrected chi connectivity index (χ3v) is 2.49. The highest BCUT2D eigenvalue weighted by atomic mass is 16.1. The third-order valence-electron chi connectivity index (χ3n) is 2.49. The van der Waals surface area contributed by atoms with Crippen molar-refractivity contribution < 1.29 is 4.79 Å². The zero-order valence-electron chi connectivity index (χ0n) is 8.82. The molecule has 0 atom stereocenters. The van der Waals surface area contributed by atoms with Gasteiger partial charge < -0.3 is 0 Å². The van der Waals surface area contributed by atoms with Gasteiger partial charge in [-0.15, -0.1) is 0 Å². The van der Waals surface area contributed by atoms with Crippen LogP contribution in [0.5, 0.6) is 0 Å². The molecule has 0 unspecified atom stereocenters. The Balaban J connectivity index is 2.22. The van der Waals surface area contributed by atoms with Crippen LogP contribution in [-0.2, 0) is 0 Å². The van der Waals surface area contributed by atoms with Gasteiger partial charge in [-0.05, 0) is 24.3 Å². The van der Waals surface area contributed by atoms with Crippen LogP contribution in [-0.4, -0.2) is 25.9 Å². The van der Waals surface area contributed by atoms with Gasteiger partial charge in [0.15, 0.2) is 11.9 Å². The number of rotatable bonds is 2. The molecule has 82 valence electrons. The van der Waals surface area contributed by atoms with Crippen molar-refractivity contribution in [2.24, 2.45) is 0 Å². The lowest BCUT2D eigenvalue weighted by molar-refractivity contribution is 0.111. The molecule has 0 N–H and O–H groups in total.